The van der Waals surface area contributed by atoms with E-state index in [2.05, 4.69) is 10.3 Å². The van der Waals surface area contributed by atoms with E-state index in [4.69, 9.17) is 5.73 Å². The minimum atomic E-state index is -0.788. The Labute approximate surface area is 152 Å². The molecule has 1 atom stereocenters. The molecule has 2 aromatic carbocycles. The Bertz CT molecular complexity index is 977. The number of primary amides is 1. The Hall–Kier alpha value is -3.21. The Balaban J connectivity index is 1.84. The molecule has 0 radical (unpaired) electrons. The van der Waals surface area contributed by atoms with Crippen molar-refractivity contribution in [3.63, 3.8) is 0 Å². The maximum absolute atomic E-state index is 12.7. The number of pyridine rings is 1. The lowest BCUT2D eigenvalue weighted by molar-refractivity contribution is -0.119. The molecule has 5 heteroatoms. The average Bonchev–Trinajstić information content (AvgIpc) is 2.63. The highest BCUT2D eigenvalue weighted by atomic mass is 16.2. The van der Waals surface area contributed by atoms with Crippen molar-refractivity contribution < 1.29 is 9.59 Å². The summed E-state index contributed by atoms with van der Waals surface area (Å²) in [6, 6.07) is 14.2. The zero-order chi connectivity index (χ0) is 18.7. The molecule has 0 unspecified atom stereocenters. The lowest BCUT2D eigenvalue weighted by atomic mass is 10.00. The Morgan fingerprint density at radius 3 is 2.58 bits per heavy atom. The van der Waals surface area contributed by atoms with E-state index in [0.29, 0.717) is 17.5 Å². The molecule has 26 heavy (non-hydrogen) atoms. The number of fused-ring (bicyclic) bond motifs is 1. The first-order valence-corrected chi connectivity index (χ1v) is 8.46. The molecule has 0 fully saturated rings. The number of nitrogens with zero attached hydrogens (tertiary/aromatic N) is 1. The van der Waals surface area contributed by atoms with E-state index in [9.17, 15) is 9.59 Å². The molecule has 0 aliphatic rings. The number of nitrogens with two attached hydrogens (primary N) is 1. The zero-order valence-corrected chi connectivity index (χ0v) is 14.8. The van der Waals surface area contributed by atoms with Crippen LogP contribution in [0.15, 0.2) is 54.7 Å². The number of aromatic nitrogens is 1. The predicted octanol–water partition coefficient (Wildman–Crippen LogP) is 2.68. The van der Waals surface area contributed by atoms with E-state index in [0.717, 1.165) is 16.5 Å². The fraction of sp³-hybridized carbons (Fsp3) is 0.190. The van der Waals surface area contributed by atoms with Crippen LogP contribution in [0.3, 0.4) is 0 Å². The lowest BCUT2D eigenvalue weighted by Gasteiger charge is -2.17. The second-order valence-electron chi connectivity index (χ2n) is 6.43. The maximum Gasteiger partial charge on any atom is 0.254 e. The van der Waals surface area contributed by atoms with Crippen molar-refractivity contribution in [1.29, 1.82) is 0 Å². The van der Waals surface area contributed by atoms with Gasteiger partial charge in [0.05, 0.1) is 11.1 Å². The number of rotatable bonds is 5. The summed E-state index contributed by atoms with van der Waals surface area (Å²) in [5.41, 5.74) is 9.81. The van der Waals surface area contributed by atoms with Gasteiger partial charge in [-0.3, -0.25) is 14.6 Å². The summed E-state index contributed by atoms with van der Waals surface area (Å²) in [7, 11) is 0. The highest BCUT2D eigenvalue weighted by Crippen LogP contribution is 2.17. The second-order valence-corrected chi connectivity index (χ2v) is 6.43. The van der Waals surface area contributed by atoms with Gasteiger partial charge in [-0.15, -0.1) is 0 Å². The number of carbonyl (C=O) groups excluding carboxylic acids is 2. The van der Waals surface area contributed by atoms with Gasteiger partial charge in [0.1, 0.15) is 6.04 Å². The monoisotopic (exact) mass is 347 g/mol. The van der Waals surface area contributed by atoms with E-state index in [-0.39, 0.29) is 5.91 Å². The molecule has 1 aromatic heterocycles. The molecule has 0 saturated carbocycles. The van der Waals surface area contributed by atoms with Crippen molar-refractivity contribution in [2.75, 3.05) is 0 Å². The van der Waals surface area contributed by atoms with Crippen LogP contribution in [-0.2, 0) is 11.2 Å². The van der Waals surface area contributed by atoms with E-state index >= 15 is 0 Å². The summed E-state index contributed by atoms with van der Waals surface area (Å²) in [5.74, 6) is -0.924. The first kappa shape index (κ1) is 17.6. The highest BCUT2D eigenvalue weighted by molar-refractivity contribution is 6.06. The summed E-state index contributed by atoms with van der Waals surface area (Å²) in [5, 5.41) is 3.62. The number of aryl methyl sites for hydroxylation is 2. The van der Waals surface area contributed by atoms with Crippen molar-refractivity contribution in [3.05, 3.63) is 77.0 Å². The van der Waals surface area contributed by atoms with Crippen LogP contribution in [0.25, 0.3) is 10.9 Å². The standard InChI is InChI=1S/C21H21N3O2/c1-13-8-9-15(11-14(13)2)12-18(20(22)25)24-21(26)17-7-3-5-16-6-4-10-23-19(16)17/h3-11,18H,12H2,1-2H3,(H2,22,25)(H,24,26)/t18-/m0/s1. The molecule has 2 amide bonds. The van der Waals surface area contributed by atoms with E-state index in [1.165, 1.54) is 5.56 Å². The second kappa shape index (κ2) is 7.35. The number of benzene rings is 2. The molecular weight excluding hydrogens is 326 g/mol. The summed E-state index contributed by atoms with van der Waals surface area (Å²) >= 11 is 0. The van der Waals surface area contributed by atoms with Crippen LogP contribution in [-0.4, -0.2) is 22.8 Å². The Kier molecular flexibility index (Phi) is 4.98. The van der Waals surface area contributed by atoms with E-state index in [1.807, 2.05) is 50.2 Å². The molecule has 3 rings (SSSR count). The van der Waals surface area contributed by atoms with Gasteiger partial charge in [0.15, 0.2) is 0 Å². The highest BCUT2D eigenvalue weighted by Gasteiger charge is 2.21. The van der Waals surface area contributed by atoms with Gasteiger partial charge in [0.2, 0.25) is 5.91 Å². The Morgan fingerprint density at radius 1 is 1.08 bits per heavy atom. The van der Waals surface area contributed by atoms with Gasteiger partial charge in [-0.25, -0.2) is 0 Å². The summed E-state index contributed by atoms with van der Waals surface area (Å²) < 4.78 is 0. The first-order chi connectivity index (χ1) is 12.5. The van der Waals surface area contributed by atoms with Crippen molar-refractivity contribution in [2.45, 2.75) is 26.3 Å². The van der Waals surface area contributed by atoms with Gasteiger partial charge in [-0.1, -0.05) is 36.4 Å². The van der Waals surface area contributed by atoms with Crippen LogP contribution in [0.1, 0.15) is 27.0 Å². The fourth-order valence-corrected chi connectivity index (χ4v) is 2.91. The molecule has 3 aromatic rings. The average molecular weight is 347 g/mol. The fourth-order valence-electron chi connectivity index (χ4n) is 2.91. The molecule has 132 valence electrons. The van der Waals surface area contributed by atoms with Crippen molar-refractivity contribution >= 4 is 22.7 Å². The quantitative estimate of drug-likeness (QED) is 0.744. The van der Waals surface area contributed by atoms with Crippen molar-refractivity contribution in [1.82, 2.24) is 10.3 Å². The summed E-state index contributed by atoms with van der Waals surface area (Å²) in [6.07, 6.45) is 1.99. The molecule has 0 saturated heterocycles. The predicted molar refractivity (Wildman–Crippen MR) is 102 cm³/mol. The number of para-hydroxylation sites is 1. The third-order valence-corrected chi connectivity index (χ3v) is 4.54. The van der Waals surface area contributed by atoms with Gasteiger partial charge >= 0.3 is 0 Å². The third-order valence-electron chi connectivity index (χ3n) is 4.54. The minimum Gasteiger partial charge on any atom is -0.368 e. The van der Waals surface area contributed by atoms with E-state index < -0.39 is 11.9 Å². The molecule has 5 nitrogen and oxygen atoms in total. The number of hydrogen-bond donors (Lipinski definition) is 2. The van der Waals surface area contributed by atoms with Crippen LogP contribution in [0.2, 0.25) is 0 Å². The van der Waals surface area contributed by atoms with Gasteiger partial charge in [0.25, 0.3) is 5.91 Å². The van der Waals surface area contributed by atoms with Crippen molar-refractivity contribution in [2.24, 2.45) is 5.73 Å². The zero-order valence-electron chi connectivity index (χ0n) is 14.8. The number of nitrogens with one attached hydrogen (secondary N) is 1. The Morgan fingerprint density at radius 2 is 1.85 bits per heavy atom. The number of hydrogen-bond acceptors (Lipinski definition) is 3. The first-order valence-electron chi connectivity index (χ1n) is 8.46. The minimum absolute atomic E-state index is 0.348. The van der Waals surface area contributed by atoms with Crippen LogP contribution in [0, 0.1) is 13.8 Å². The van der Waals surface area contributed by atoms with Crippen LogP contribution >= 0.6 is 0 Å². The van der Waals surface area contributed by atoms with E-state index in [1.54, 1.807) is 18.3 Å². The van der Waals surface area contributed by atoms with Gasteiger partial charge in [-0.05, 0) is 42.7 Å². The smallest absolute Gasteiger partial charge is 0.254 e. The maximum atomic E-state index is 12.7. The van der Waals surface area contributed by atoms with Crippen LogP contribution in [0.4, 0.5) is 0 Å². The van der Waals surface area contributed by atoms with Crippen molar-refractivity contribution in [3.8, 4) is 0 Å². The molecule has 0 aliphatic heterocycles. The third kappa shape index (κ3) is 3.72. The van der Waals surface area contributed by atoms with Gasteiger partial charge in [0, 0.05) is 18.0 Å². The normalized spacial score (nSPS) is 11.9. The van der Waals surface area contributed by atoms with Crippen LogP contribution in [0.5, 0.6) is 0 Å². The number of carbonyl (C=O) groups is 2. The number of amides is 2. The van der Waals surface area contributed by atoms with Crippen LogP contribution < -0.4 is 11.1 Å². The molecule has 0 spiro atoms. The molecule has 1 heterocycles. The topological polar surface area (TPSA) is 85.1 Å². The summed E-state index contributed by atoms with van der Waals surface area (Å²) in [6.45, 7) is 4.04. The summed E-state index contributed by atoms with van der Waals surface area (Å²) in [4.78, 5) is 28.9. The largest absolute Gasteiger partial charge is 0.368 e. The lowest BCUT2D eigenvalue weighted by Crippen LogP contribution is -2.45. The molecule has 0 aliphatic carbocycles. The SMILES string of the molecule is Cc1ccc(C[C@H](NC(=O)c2cccc3cccnc23)C(N)=O)cc1C. The molecule has 3 N–H and O–H groups in total. The van der Waals surface area contributed by atoms with Gasteiger partial charge in [-0.2, -0.15) is 0 Å². The van der Waals surface area contributed by atoms with Gasteiger partial charge < -0.3 is 11.1 Å². The molecule has 0 bridgehead atoms. The molecular formula is C21H21N3O2.